The van der Waals surface area contributed by atoms with Crippen LogP contribution < -0.4 is 10.0 Å². The summed E-state index contributed by atoms with van der Waals surface area (Å²) in [6, 6.07) is 5.07. The second-order valence-corrected chi connectivity index (χ2v) is 11.0. The standard InChI is InChI=1S/C22H31N3O5S2/c1-4-24-32(28,29)20-11-15(13-26)5-10-18(20)19-12-23-21(31-19)16-6-8-17(9-7-16)25-22(27)30-14(2)3/h5,10-12,14,16-17,24,26H,4,6-9,13H2,1-3H3,(H,25,27)/t16-,17-. The number of carbonyl (C=O) groups is 1. The lowest BCUT2D eigenvalue weighted by Gasteiger charge is -2.28. The molecule has 0 bridgehead atoms. The SMILES string of the molecule is CCNS(=O)(=O)c1cc(CO)ccc1-c1cnc([C@H]2CC[C@H](NC(=O)OC(C)C)CC2)s1. The number of sulfonamides is 1. The van der Waals surface area contributed by atoms with Crippen LogP contribution in [0.25, 0.3) is 10.4 Å². The van der Waals surface area contributed by atoms with E-state index in [4.69, 9.17) is 4.74 Å². The number of ether oxygens (including phenoxy) is 1. The van der Waals surface area contributed by atoms with Crippen LogP contribution in [0.15, 0.2) is 29.3 Å². The fourth-order valence-corrected chi connectivity index (χ4v) is 6.36. The molecular weight excluding hydrogens is 450 g/mol. The number of rotatable bonds is 8. The minimum Gasteiger partial charge on any atom is -0.447 e. The Balaban J connectivity index is 1.74. The van der Waals surface area contributed by atoms with Crippen LogP contribution >= 0.6 is 11.3 Å². The molecule has 8 nitrogen and oxygen atoms in total. The van der Waals surface area contributed by atoms with Gasteiger partial charge in [-0.3, -0.25) is 0 Å². The van der Waals surface area contributed by atoms with Crippen molar-refractivity contribution in [3.05, 3.63) is 35.0 Å². The highest BCUT2D eigenvalue weighted by atomic mass is 32.2. The van der Waals surface area contributed by atoms with Crippen molar-refractivity contribution in [3.63, 3.8) is 0 Å². The summed E-state index contributed by atoms with van der Waals surface area (Å²) in [6.45, 7) is 5.42. The summed E-state index contributed by atoms with van der Waals surface area (Å²) in [6.07, 6.45) is 4.68. The quantitative estimate of drug-likeness (QED) is 0.528. The van der Waals surface area contributed by atoms with Crippen LogP contribution in [0.2, 0.25) is 0 Å². The van der Waals surface area contributed by atoms with Crippen LogP contribution in [0, 0.1) is 0 Å². The van der Waals surface area contributed by atoms with Gasteiger partial charge in [0, 0.05) is 30.3 Å². The molecule has 1 aromatic carbocycles. The normalized spacial score (nSPS) is 19.2. The van der Waals surface area contributed by atoms with Gasteiger partial charge in [-0.25, -0.2) is 22.9 Å². The molecule has 3 rings (SSSR count). The molecule has 1 heterocycles. The van der Waals surface area contributed by atoms with Gasteiger partial charge in [0.25, 0.3) is 0 Å². The average Bonchev–Trinajstić information content (AvgIpc) is 3.23. The van der Waals surface area contributed by atoms with Crippen LogP contribution in [0.5, 0.6) is 0 Å². The first-order valence-corrected chi connectivity index (χ1v) is 13.2. The largest absolute Gasteiger partial charge is 0.447 e. The van der Waals surface area contributed by atoms with Crippen LogP contribution in [0.4, 0.5) is 4.79 Å². The summed E-state index contributed by atoms with van der Waals surface area (Å²) in [5.41, 5.74) is 1.12. The molecule has 176 valence electrons. The number of alkyl carbamates (subject to hydrolysis) is 1. The number of benzene rings is 1. The van der Waals surface area contributed by atoms with Gasteiger partial charge in [0.1, 0.15) is 0 Å². The molecule has 1 fully saturated rings. The zero-order chi connectivity index (χ0) is 23.3. The molecule has 2 aromatic rings. The van der Waals surface area contributed by atoms with Gasteiger partial charge in [-0.1, -0.05) is 19.1 Å². The number of aromatic nitrogens is 1. The first-order valence-electron chi connectivity index (χ1n) is 10.9. The predicted molar refractivity (Wildman–Crippen MR) is 124 cm³/mol. The first-order chi connectivity index (χ1) is 15.2. The molecule has 1 saturated carbocycles. The number of amides is 1. The molecule has 0 unspecified atom stereocenters. The second kappa shape index (κ2) is 10.7. The second-order valence-electron chi connectivity index (χ2n) is 8.20. The lowest BCUT2D eigenvalue weighted by molar-refractivity contribution is 0.109. The first kappa shape index (κ1) is 24.6. The van der Waals surface area contributed by atoms with Gasteiger partial charge in [-0.05, 0) is 51.2 Å². The van der Waals surface area contributed by atoms with E-state index in [0.717, 1.165) is 35.6 Å². The Morgan fingerprint density at radius 2 is 2.00 bits per heavy atom. The summed E-state index contributed by atoms with van der Waals surface area (Å²) < 4.78 is 33.2. The molecule has 1 aliphatic rings. The smallest absolute Gasteiger partial charge is 0.407 e. The predicted octanol–water partition coefficient (Wildman–Crippen LogP) is 3.76. The van der Waals surface area contributed by atoms with Gasteiger partial charge in [0.15, 0.2) is 0 Å². The number of hydrogen-bond donors (Lipinski definition) is 3. The Kier molecular flexibility index (Phi) is 8.26. The van der Waals surface area contributed by atoms with Crippen molar-refractivity contribution in [1.82, 2.24) is 15.0 Å². The van der Waals surface area contributed by atoms with E-state index in [2.05, 4.69) is 15.0 Å². The summed E-state index contributed by atoms with van der Waals surface area (Å²) in [5.74, 6) is 0.276. The molecule has 1 aromatic heterocycles. The Morgan fingerprint density at radius 3 is 2.62 bits per heavy atom. The zero-order valence-corrected chi connectivity index (χ0v) is 20.3. The molecule has 0 radical (unpaired) electrons. The Bertz CT molecular complexity index is 1030. The minimum atomic E-state index is -3.70. The Hall–Kier alpha value is -2.01. The van der Waals surface area contributed by atoms with Crippen LogP contribution in [-0.4, -0.2) is 43.3 Å². The number of nitrogens with one attached hydrogen (secondary N) is 2. The van der Waals surface area contributed by atoms with E-state index in [9.17, 15) is 18.3 Å². The molecule has 0 atom stereocenters. The molecule has 1 aliphatic carbocycles. The molecule has 0 aliphatic heterocycles. The maximum absolute atomic E-state index is 12.7. The Morgan fingerprint density at radius 1 is 1.28 bits per heavy atom. The highest BCUT2D eigenvalue weighted by Gasteiger charge is 2.27. The fourth-order valence-electron chi connectivity index (χ4n) is 3.86. The number of hydrogen-bond acceptors (Lipinski definition) is 7. The van der Waals surface area contributed by atoms with Crippen molar-refractivity contribution in [1.29, 1.82) is 0 Å². The molecule has 3 N–H and O–H groups in total. The minimum absolute atomic E-state index is 0.0971. The monoisotopic (exact) mass is 481 g/mol. The molecule has 1 amide bonds. The average molecular weight is 482 g/mol. The zero-order valence-electron chi connectivity index (χ0n) is 18.6. The summed E-state index contributed by atoms with van der Waals surface area (Å²) >= 11 is 1.50. The van der Waals surface area contributed by atoms with E-state index >= 15 is 0 Å². The van der Waals surface area contributed by atoms with Crippen LogP contribution in [0.1, 0.15) is 62.9 Å². The van der Waals surface area contributed by atoms with Crippen molar-refractivity contribution >= 4 is 27.5 Å². The molecule has 32 heavy (non-hydrogen) atoms. The van der Waals surface area contributed by atoms with E-state index in [1.54, 1.807) is 25.3 Å². The van der Waals surface area contributed by atoms with E-state index in [1.807, 2.05) is 13.8 Å². The number of carbonyl (C=O) groups excluding carboxylic acids is 1. The van der Waals surface area contributed by atoms with Crippen molar-refractivity contribution < 1.29 is 23.1 Å². The summed E-state index contributed by atoms with van der Waals surface area (Å²) in [7, 11) is -3.70. The van der Waals surface area contributed by atoms with Gasteiger partial charge < -0.3 is 15.2 Å². The molecule has 10 heteroatoms. The van der Waals surface area contributed by atoms with E-state index in [-0.39, 0.29) is 42.2 Å². The van der Waals surface area contributed by atoms with Gasteiger partial charge in [-0.2, -0.15) is 0 Å². The highest BCUT2D eigenvalue weighted by Crippen LogP contribution is 2.39. The lowest BCUT2D eigenvalue weighted by atomic mass is 9.86. The fraction of sp³-hybridized carbons (Fsp3) is 0.545. The van der Waals surface area contributed by atoms with E-state index in [1.165, 1.54) is 17.4 Å². The number of aliphatic hydroxyl groups is 1. The Labute approximate surface area is 193 Å². The van der Waals surface area contributed by atoms with Gasteiger partial charge >= 0.3 is 6.09 Å². The third-order valence-corrected chi connectivity index (χ3v) is 8.16. The van der Waals surface area contributed by atoms with Crippen molar-refractivity contribution in [3.8, 4) is 10.4 Å². The lowest BCUT2D eigenvalue weighted by Crippen LogP contribution is -2.38. The van der Waals surface area contributed by atoms with E-state index < -0.39 is 10.0 Å². The van der Waals surface area contributed by atoms with Crippen LogP contribution in [-0.2, 0) is 21.4 Å². The third kappa shape index (κ3) is 6.06. The molecular formula is C22H31N3O5S2. The molecule has 0 saturated heterocycles. The third-order valence-electron chi connectivity index (χ3n) is 5.38. The van der Waals surface area contributed by atoms with Gasteiger partial charge in [0.05, 0.1) is 27.5 Å². The summed E-state index contributed by atoms with van der Waals surface area (Å²) in [4.78, 5) is 17.4. The van der Waals surface area contributed by atoms with E-state index in [0.29, 0.717) is 11.1 Å². The van der Waals surface area contributed by atoms with Crippen LogP contribution in [0.3, 0.4) is 0 Å². The summed E-state index contributed by atoms with van der Waals surface area (Å²) in [5, 5.41) is 13.4. The number of nitrogens with zero attached hydrogens (tertiary/aromatic N) is 1. The van der Waals surface area contributed by atoms with Crippen molar-refractivity contribution in [2.45, 2.75) is 76.0 Å². The topological polar surface area (TPSA) is 118 Å². The van der Waals surface area contributed by atoms with Gasteiger partial charge in [-0.15, -0.1) is 11.3 Å². The number of thiazole rings is 1. The highest BCUT2D eigenvalue weighted by molar-refractivity contribution is 7.89. The van der Waals surface area contributed by atoms with Gasteiger partial charge in [0.2, 0.25) is 10.0 Å². The molecule has 0 spiro atoms. The van der Waals surface area contributed by atoms with Crippen molar-refractivity contribution in [2.75, 3.05) is 6.54 Å². The maximum atomic E-state index is 12.7. The van der Waals surface area contributed by atoms with Crippen molar-refractivity contribution in [2.24, 2.45) is 0 Å². The number of aliphatic hydroxyl groups excluding tert-OH is 1. The maximum Gasteiger partial charge on any atom is 0.407 e.